The first-order valence-corrected chi connectivity index (χ1v) is 7.98. The number of nitrogens with one attached hydrogen (secondary N) is 1. The quantitative estimate of drug-likeness (QED) is 0.802. The third-order valence-electron chi connectivity index (χ3n) is 4.61. The van der Waals surface area contributed by atoms with Crippen molar-refractivity contribution in [2.75, 3.05) is 0 Å². The first-order valence-electron chi connectivity index (χ1n) is 7.98. The van der Waals surface area contributed by atoms with Crippen molar-refractivity contribution in [1.29, 1.82) is 0 Å². The molecule has 4 rings (SSSR count). The van der Waals surface area contributed by atoms with Gasteiger partial charge in [-0.25, -0.2) is 4.68 Å². The van der Waals surface area contributed by atoms with Crippen LogP contribution in [0.1, 0.15) is 35.2 Å². The highest BCUT2D eigenvalue weighted by atomic mass is 16.1. The first kappa shape index (κ1) is 14.6. The second-order valence-corrected chi connectivity index (χ2v) is 6.06. The molecule has 0 radical (unpaired) electrons. The van der Waals surface area contributed by atoms with Gasteiger partial charge in [0.05, 0.1) is 11.2 Å². The number of carbonyl (C=O) groups excluding carboxylic acids is 1. The van der Waals surface area contributed by atoms with Crippen LogP contribution in [0.4, 0.5) is 0 Å². The Hall–Kier alpha value is -3.02. The molecular formula is C18H17N5O. The van der Waals surface area contributed by atoms with Gasteiger partial charge in [0.25, 0.3) is 5.91 Å². The van der Waals surface area contributed by atoms with Gasteiger partial charge in [-0.2, -0.15) is 0 Å². The molecule has 3 aromatic rings. The first-order chi connectivity index (χ1) is 11.8. The molecule has 1 amide bonds. The number of benzene rings is 2. The van der Waals surface area contributed by atoms with Crippen molar-refractivity contribution >= 4 is 5.91 Å². The Balaban J connectivity index is 1.59. The number of hydrogen-bond acceptors (Lipinski definition) is 4. The maximum Gasteiger partial charge on any atom is 0.252 e. The van der Waals surface area contributed by atoms with Crippen LogP contribution >= 0.6 is 0 Å². The van der Waals surface area contributed by atoms with Crippen LogP contribution in [-0.4, -0.2) is 26.1 Å². The second-order valence-electron chi connectivity index (χ2n) is 6.06. The molecular weight excluding hydrogens is 302 g/mol. The molecule has 1 aliphatic carbocycles. The number of aromatic nitrogens is 4. The molecule has 120 valence electrons. The normalized spacial score (nSPS) is 15.5. The van der Waals surface area contributed by atoms with E-state index in [0.717, 1.165) is 24.9 Å². The van der Waals surface area contributed by atoms with Gasteiger partial charge in [-0.05, 0) is 53.5 Å². The third kappa shape index (κ3) is 2.56. The van der Waals surface area contributed by atoms with Crippen LogP contribution in [0.5, 0.6) is 0 Å². The van der Waals surface area contributed by atoms with Gasteiger partial charge in [-0.1, -0.05) is 36.4 Å². The Morgan fingerprint density at radius 3 is 2.58 bits per heavy atom. The zero-order chi connectivity index (χ0) is 16.4. The van der Waals surface area contributed by atoms with Gasteiger partial charge >= 0.3 is 0 Å². The third-order valence-corrected chi connectivity index (χ3v) is 4.61. The fourth-order valence-corrected chi connectivity index (χ4v) is 3.13. The van der Waals surface area contributed by atoms with Gasteiger partial charge in [-0.3, -0.25) is 4.79 Å². The SMILES string of the molecule is O=C(NC1(c2ccccc2)CCC1)c1cccc(-n2cnnn2)c1. The molecule has 1 fully saturated rings. The molecule has 0 saturated heterocycles. The predicted molar refractivity (Wildman–Crippen MR) is 88.6 cm³/mol. The van der Waals surface area contributed by atoms with Gasteiger partial charge in [0, 0.05) is 5.56 Å². The van der Waals surface area contributed by atoms with Gasteiger partial charge < -0.3 is 5.32 Å². The van der Waals surface area contributed by atoms with Gasteiger partial charge in [0.15, 0.2) is 0 Å². The van der Waals surface area contributed by atoms with E-state index in [-0.39, 0.29) is 11.4 Å². The minimum atomic E-state index is -0.247. The standard InChI is InChI=1S/C18H17N5O/c24-17(14-6-4-9-16(12-14)23-13-19-21-22-23)20-18(10-5-11-18)15-7-2-1-3-8-15/h1-4,6-9,12-13H,5,10-11H2,(H,20,24). The Labute approximate surface area is 139 Å². The maximum absolute atomic E-state index is 12.8. The molecule has 1 N–H and O–H groups in total. The lowest BCUT2D eigenvalue weighted by molar-refractivity contribution is 0.0823. The van der Waals surface area contributed by atoms with Crippen molar-refractivity contribution in [1.82, 2.24) is 25.5 Å². The number of nitrogens with zero attached hydrogens (tertiary/aromatic N) is 4. The molecule has 6 heteroatoms. The summed E-state index contributed by atoms with van der Waals surface area (Å²) >= 11 is 0. The van der Waals surface area contributed by atoms with Crippen LogP contribution in [0.2, 0.25) is 0 Å². The lowest BCUT2D eigenvalue weighted by atomic mass is 9.71. The Morgan fingerprint density at radius 2 is 1.92 bits per heavy atom. The molecule has 1 aliphatic rings. The highest BCUT2D eigenvalue weighted by Crippen LogP contribution is 2.41. The van der Waals surface area contributed by atoms with Crippen LogP contribution < -0.4 is 5.32 Å². The molecule has 24 heavy (non-hydrogen) atoms. The van der Waals surface area contributed by atoms with Gasteiger partial charge in [-0.15, -0.1) is 5.10 Å². The van der Waals surface area contributed by atoms with E-state index in [1.807, 2.05) is 30.3 Å². The van der Waals surface area contributed by atoms with Crippen LogP contribution in [0.3, 0.4) is 0 Å². The zero-order valence-electron chi connectivity index (χ0n) is 13.1. The summed E-state index contributed by atoms with van der Waals surface area (Å²) in [5.41, 5.74) is 2.28. The van der Waals surface area contributed by atoms with E-state index in [2.05, 4.69) is 33.0 Å². The van der Waals surface area contributed by atoms with Crippen LogP contribution in [0.25, 0.3) is 5.69 Å². The average molecular weight is 319 g/mol. The largest absolute Gasteiger partial charge is 0.343 e. The summed E-state index contributed by atoms with van der Waals surface area (Å²) in [6, 6.07) is 17.5. The topological polar surface area (TPSA) is 72.7 Å². The van der Waals surface area contributed by atoms with E-state index in [9.17, 15) is 4.79 Å². The van der Waals surface area contributed by atoms with Crippen molar-refractivity contribution < 1.29 is 4.79 Å². The molecule has 0 atom stereocenters. The van der Waals surface area contributed by atoms with Crippen molar-refractivity contribution in [3.63, 3.8) is 0 Å². The number of amides is 1. The fraction of sp³-hybridized carbons (Fsp3) is 0.222. The van der Waals surface area contributed by atoms with Crippen LogP contribution in [-0.2, 0) is 5.54 Å². The number of hydrogen-bond donors (Lipinski definition) is 1. The van der Waals surface area contributed by atoms with Crippen LogP contribution in [0, 0.1) is 0 Å². The summed E-state index contributed by atoms with van der Waals surface area (Å²) in [6.45, 7) is 0. The molecule has 6 nitrogen and oxygen atoms in total. The van der Waals surface area contributed by atoms with Crippen molar-refractivity contribution in [3.05, 3.63) is 72.1 Å². The van der Waals surface area contributed by atoms with E-state index in [1.165, 1.54) is 16.6 Å². The lowest BCUT2D eigenvalue weighted by Gasteiger charge is -2.43. The smallest absolute Gasteiger partial charge is 0.252 e. The van der Waals surface area contributed by atoms with E-state index in [4.69, 9.17) is 0 Å². The van der Waals surface area contributed by atoms with E-state index in [1.54, 1.807) is 12.1 Å². The highest BCUT2D eigenvalue weighted by molar-refractivity contribution is 5.95. The van der Waals surface area contributed by atoms with Gasteiger partial charge in [0.2, 0.25) is 0 Å². The Bertz CT molecular complexity index is 841. The predicted octanol–water partition coefficient (Wildman–Crippen LogP) is 2.47. The Kier molecular flexibility index (Phi) is 3.57. The van der Waals surface area contributed by atoms with E-state index >= 15 is 0 Å². The molecule has 1 heterocycles. The maximum atomic E-state index is 12.8. The van der Waals surface area contributed by atoms with Crippen molar-refractivity contribution in [2.24, 2.45) is 0 Å². The summed E-state index contributed by atoms with van der Waals surface area (Å²) in [5.74, 6) is -0.0755. The summed E-state index contributed by atoms with van der Waals surface area (Å²) in [4.78, 5) is 12.8. The monoisotopic (exact) mass is 319 g/mol. The minimum Gasteiger partial charge on any atom is -0.343 e. The Morgan fingerprint density at radius 1 is 1.08 bits per heavy atom. The molecule has 0 bridgehead atoms. The second kappa shape index (κ2) is 5.88. The molecule has 1 saturated carbocycles. The molecule has 2 aromatic carbocycles. The average Bonchev–Trinajstić information content (AvgIpc) is 3.13. The zero-order valence-corrected chi connectivity index (χ0v) is 13.1. The number of rotatable bonds is 4. The minimum absolute atomic E-state index is 0.0755. The molecule has 1 aromatic heterocycles. The highest BCUT2D eigenvalue weighted by Gasteiger charge is 2.40. The van der Waals surface area contributed by atoms with Gasteiger partial charge in [0.1, 0.15) is 6.33 Å². The molecule has 0 aliphatic heterocycles. The summed E-state index contributed by atoms with van der Waals surface area (Å²) in [6.07, 6.45) is 4.57. The van der Waals surface area contributed by atoms with E-state index in [0.29, 0.717) is 5.56 Å². The molecule has 0 unspecified atom stereocenters. The van der Waals surface area contributed by atoms with E-state index < -0.39 is 0 Å². The van der Waals surface area contributed by atoms with Crippen molar-refractivity contribution in [2.45, 2.75) is 24.8 Å². The lowest BCUT2D eigenvalue weighted by Crippen LogP contribution is -2.50. The molecule has 0 spiro atoms. The number of carbonyl (C=O) groups is 1. The summed E-state index contributed by atoms with van der Waals surface area (Å²) in [5, 5.41) is 14.3. The summed E-state index contributed by atoms with van der Waals surface area (Å²) in [7, 11) is 0. The van der Waals surface area contributed by atoms with Crippen molar-refractivity contribution in [3.8, 4) is 5.69 Å². The number of tetrazole rings is 1. The summed E-state index contributed by atoms with van der Waals surface area (Å²) < 4.78 is 1.53. The van der Waals surface area contributed by atoms with Crippen LogP contribution in [0.15, 0.2) is 60.9 Å². The fourth-order valence-electron chi connectivity index (χ4n) is 3.13.